The van der Waals surface area contributed by atoms with Gasteiger partial charge in [0.1, 0.15) is 68.9 Å². The zero-order valence-corrected chi connectivity index (χ0v) is 76.1. The van der Waals surface area contributed by atoms with Crippen molar-refractivity contribution in [3.05, 3.63) is 218 Å². The van der Waals surface area contributed by atoms with Crippen LogP contribution in [0, 0.1) is 5.82 Å². The summed E-state index contributed by atoms with van der Waals surface area (Å²) in [6.45, 7) is 9.69. The molecule has 15 aromatic rings. The molecular weight excluding hydrogens is 1760 g/mol. The van der Waals surface area contributed by atoms with Crippen molar-refractivity contribution in [3.8, 4) is 11.5 Å². The van der Waals surface area contributed by atoms with Gasteiger partial charge in [0, 0.05) is 199 Å². The lowest BCUT2D eigenvalue weighted by molar-refractivity contribution is -0.0794. The fourth-order valence-electron chi connectivity index (χ4n) is 17.8. The molecule has 21 heterocycles. The van der Waals surface area contributed by atoms with E-state index in [1.807, 2.05) is 44.1 Å². The molecule has 44 nitrogen and oxygen atoms in total. The Hall–Kier alpha value is -15.6. The summed E-state index contributed by atoms with van der Waals surface area (Å²) in [7, 11) is 11.8. The van der Waals surface area contributed by atoms with E-state index < -0.39 is 23.5 Å². The van der Waals surface area contributed by atoms with Crippen LogP contribution in [0.15, 0.2) is 111 Å². The molecule has 704 valence electrons. The van der Waals surface area contributed by atoms with E-state index >= 15 is 0 Å². The largest absolute Gasteiger partial charge is 0.494 e. The second-order valence-electron chi connectivity index (χ2n) is 35.8. The summed E-state index contributed by atoms with van der Waals surface area (Å²) in [5, 5.41) is 35.7. The first kappa shape index (κ1) is 89.3. The molecule has 6 aliphatic heterocycles. The van der Waals surface area contributed by atoms with Crippen molar-refractivity contribution in [3.63, 3.8) is 0 Å². The number of methoxy groups -OCH3 is 1. The topological polar surface area (TPSA) is 548 Å². The second-order valence-corrected chi connectivity index (χ2v) is 35.8. The molecule has 0 spiro atoms. The number of hydrogen-bond donors (Lipinski definition) is 10. The maximum Gasteiger partial charge on any atom is 0.263 e. The standard InChI is InChI=1S/C19H20FN7O.C19H21N7O3.C19H21N7O.C18H20N8O.C17H19N7O2/c1-26-5-4-13-11(8-26)9-27-18(23-13)16(17(21)25-27)19(28)24-14-7-22-6-12(20)15(14)10-2-3-10;1-25-5-3-13-11(7-25)8-26-18(22-13)16(17(20)24-26)19(27)23-14-6-21-4-2-15(14)29-12-9-28-10-12;1-25-7-5-14-12(9-25)10-26-18(22-14)16(17(20)24-26)19(27)23-15-8-21-6-4-13(15)11-2-3-11;1-25-5-4-12-11(7-25)8-26-17(22-12)14(16(19)24-26)18(27)23-13-6-20-9-21-15(13)10-2-3-10;1-23-6-4-11-10(8-23)9-24-16(20-11)14(15(18)22-24)17(25)21-12-7-19-5-3-13(12)26-2/h6-7,9-10H,2-5,8H2,1H3,(H2,21,25)(H,24,28);2,4,6,8,12H,3,5,7,9-10H2,1H3,(H2,20,24)(H,23,27);4,6,8,10-11H,2-3,5,7,9H2,1H3,(H2,20,24)(H,23,27);6,8-10H,2-5,7H2,1H3,(H2,19,24)(H,23,27);3,5,7,9H,4,6,8H2,1-2H3,(H2,18,22)(H,21,25). The Bertz CT molecular complexity index is 7110. The summed E-state index contributed by atoms with van der Waals surface area (Å²) in [5.41, 5.74) is 49.5. The van der Waals surface area contributed by atoms with Crippen LogP contribution in [0.25, 0.3) is 28.2 Å². The maximum absolute atomic E-state index is 14.2. The molecule has 0 radical (unpaired) electrons. The average molecular weight is 1860 g/mol. The molecule has 1 saturated heterocycles. The van der Waals surface area contributed by atoms with E-state index in [2.05, 4.69) is 145 Å². The van der Waals surface area contributed by atoms with Gasteiger partial charge in [-0.05, 0) is 97.2 Å². The molecule has 15 N–H and O–H groups in total. The molecule has 24 rings (SSSR count). The molecule has 9 aliphatic rings. The number of aromatic nitrogens is 21. The highest BCUT2D eigenvalue weighted by atomic mass is 19.1. The fraction of sp³-hybridized carbons (Fsp3) is 0.359. The van der Waals surface area contributed by atoms with Gasteiger partial charge in [0.05, 0.1) is 109 Å². The number of pyridine rings is 4. The zero-order valence-electron chi connectivity index (χ0n) is 76.1. The third-order valence-corrected chi connectivity index (χ3v) is 25.4. The lowest BCUT2D eigenvalue weighted by Crippen LogP contribution is -2.38. The van der Waals surface area contributed by atoms with Crippen LogP contribution in [0.2, 0.25) is 0 Å². The normalized spacial score (nSPS) is 16.5. The minimum atomic E-state index is -0.456. The van der Waals surface area contributed by atoms with Crippen LogP contribution in [0.5, 0.6) is 11.5 Å². The number of nitrogens with zero attached hydrogens (tertiary/aromatic N) is 26. The molecular formula is C92H101FN36O8. The Morgan fingerprint density at radius 2 is 0.708 bits per heavy atom. The highest BCUT2D eigenvalue weighted by Crippen LogP contribution is 2.46. The van der Waals surface area contributed by atoms with Gasteiger partial charge in [0.15, 0.2) is 57.3 Å². The number of nitrogens with one attached hydrogen (secondary N) is 5. The van der Waals surface area contributed by atoms with Gasteiger partial charge in [0.2, 0.25) is 0 Å². The van der Waals surface area contributed by atoms with Gasteiger partial charge in [0.25, 0.3) is 29.5 Å². The molecule has 3 aliphatic carbocycles. The zero-order chi connectivity index (χ0) is 94.7. The van der Waals surface area contributed by atoms with Crippen molar-refractivity contribution >= 4 is 115 Å². The molecule has 0 bridgehead atoms. The SMILES string of the molecule is CN1CCc2nc3c(C(=O)Nc4cncc(F)c4C4CC4)c(N)nn3cc2C1.CN1CCc2nc3c(C(=O)Nc4cnccc4C4CC4)c(N)nn3cc2C1.CN1CCc2nc3c(C(=O)Nc4cnccc4OC4COC4)c(N)nn3cc2C1.CN1CCc2nc3c(C(=O)Nc4cncnc4C4CC4)c(N)nn3cc2C1.COc1ccncc1NC(=O)c1c(N)nn2cc3c(nc12)CCN(C)C3. The minimum absolute atomic E-state index is 0.0265. The number of carbonyl (C=O) groups excluding carboxylic acids is 5. The number of ether oxygens (including phenoxy) is 3. The van der Waals surface area contributed by atoms with Crippen LogP contribution in [0.1, 0.15) is 181 Å². The number of nitrogens with two attached hydrogens (primary N) is 5. The van der Waals surface area contributed by atoms with E-state index in [0.29, 0.717) is 104 Å². The number of rotatable bonds is 16. The number of amides is 5. The quantitative estimate of drug-likeness (QED) is 0.0482. The van der Waals surface area contributed by atoms with Crippen molar-refractivity contribution < 1.29 is 42.6 Å². The highest BCUT2D eigenvalue weighted by molar-refractivity contribution is 6.15. The number of hydrogen-bond acceptors (Lipinski definition) is 34. The van der Waals surface area contributed by atoms with E-state index in [0.717, 1.165) is 209 Å². The summed E-state index contributed by atoms with van der Waals surface area (Å²) < 4.78 is 38.4. The lowest BCUT2D eigenvalue weighted by atomic mass is 10.1. The van der Waals surface area contributed by atoms with Crippen LogP contribution in [-0.4, -0.2) is 251 Å². The van der Waals surface area contributed by atoms with Gasteiger partial charge in [-0.15, -0.1) is 25.5 Å². The molecule has 0 atom stereocenters. The Morgan fingerprint density at radius 3 is 1.07 bits per heavy atom. The monoisotopic (exact) mass is 1860 g/mol. The predicted molar refractivity (Wildman–Crippen MR) is 504 cm³/mol. The van der Waals surface area contributed by atoms with Crippen LogP contribution in [-0.2, 0) is 69.6 Å². The summed E-state index contributed by atoms with van der Waals surface area (Å²) in [6.07, 6.45) is 35.4. The van der Waals surface area contributed by atoms with Crippen LogP contribution < -0.4 is 64.7 Å². The van der Waals surface area contributed by atoms with Crippen LogP contribution >= 0.6 is 0 Å². The average Bonchev–Trinajstić information content (AvgIpc) is 1.63. The van der Waals surface area contributed by atoms with Crippen LogP contribution in [0.3, 0.4) is 0 Å². The number of carbonyl (C=O) groups is 5. The molecule has 3 saturated carbocycles. The summed E-state index contributed by atoms with van der Waals surface area (Å²) in [5.74, 6) is 0.500. The van der Waals surface area contributed by atoms with Gasteiger partial charge >= 0.3 is 0 Å². The minimum Gasteiger partial charge on any atom is -0.494 e. The van der Waals surface area contributed by atoms with Gasteiger partial charge in [-0.3, -0.25) is 43.9 Å². The van der Waals surface area contributed by atoms with Crippen molar-refractivity contribution in [1.82, 2.24) is 127 Å². The third kappa shape index (κ3) is 18.7. The Kier molecular flexibility index (Phi) is 24.3. The van der Waals surface area contributed by atoms with Crippen molar-refractivity contribution in [2.75, 3.05) is 144 Å². The van der Waals surface area contributed by atoms with E-state index in [4.69, 9.17) is 57.8 Å². The van der Waals surface area contributed by atoms with Crippen molar-refractivity contribution in [1.29, 1.82) is 0 Å². The van der Waals surface area contributed by atoms with Crippen molar-refractivity contribution in [2.45, 2.75) is 127 Å². The first-order valence-electron chi connectivity index (χ1n) is 45.2. The molecule has 0 unspecified atom stereocenters. The summed E-state index contributed by atoms with van der Waals surface area (Å²) >= 11 is 0. The van der Waals surface area contributed by atoms with E-state index in [1.165, 1.54) is 32.0 Å². The number of likely N-dealkylation sites (N-methyl/N-ethyl adjacent to an activating group) is 5. The molecule has 5 amide bonds. The first-order valence-corrected chi connectivity index (χ1v) is 45.2. The number of halogens is 1. The summed E-state index contributed by atoms with van der Waals surface area (Å²) in [4.78, 5) is 124. The molecule has 137 heavy (non-hydrogen) atoms. The Morgan fingerprint density at radius 1 is 0.387 bits per heavy atom. The molecule has 15 aromatic heterocycles. The van der Waals surface area contributed by atoms with Gasteiger partial charge in [-0.2, -0.15) is 0 Å². The predicted octanol–water partition coefficient (Wildman–Crippen LogP) is 6.69. The third-order valence-electron chi connectivity index (χ3n) is 25.4. The van der Waals surface area contributed by atoms with Crippen molar-refractivity contribution in [2.24, 2.45) is 0 Å². The Balaban J connectivity index is 0.000000106. The molecule has 0 aromatic carbocycles. The van der Waals surface area contributed by atoms with Crippen LogP contribution in [0.4, 0.5) is 61.9 Å². The van der Waals surface area contributed by atoms with Gasteiger partial charge < -0.3 is 94.0 Å². The first-order chi connectivity index (χ1) is 66.3. The maximum atomic E-state index is 14.2. The second kappa shape index (κ2) is 37.4. The van der Waals surface area contributed by atoms with Gasteiger partial charge in [-0.1, -0.05) is 0 Å². The molecule has 45 heteroatoms. The number of fused-ring (bicyclic) bond motifs is 10. The van der Waals surface area contributed by atoms with E-state index in [9.17, 15) is 28.4 Å². The lowest BCUT2D eigenvalue weighted by Gasteiger charge is -2.27. The Labute approximate surface area is 781 Å². The highest BCUT2D eigenvalue weighted by Gasteiger charge is 2.36. The smallest absolute Gasteiger partial charge is 0.263 e. The van der Waals surface area contributed by atoms with Gasteiger partial charge in [-0.25, -0.2) is 61.9 Å². The fourth-order valence-corrected chi connectivity index (χ4v) is 17.8. The van der Waals surface area contributed by atoms with E-state index in [1.54, 1.807) is 71.9 Å². The number of nitrogen functional groups attached to an aromatic ring is 5. The number of anilines is 10. The van der Waals surface area contributed by atoms with E-state index in [-0.39, 0.29) is 69.6 Å². The summed E-state index contributed by atoms with van der Waals surface area (Å²) in [6, 6.07) is 5.34. The molecule has 4 fully saturated rings.